The average molecular weight is 493 g/mol. The van der Waals surface area contributed by atoms with Crippen LogP contribution in [0, 0.1) is 5.41 Å². The first-order valence-corrected chi connectivity index (χ1v) is 9.82. The predicted molar refractivity (Wildman–Crippen MR) is 108 cm³/mol. The SMILES string of the molecule is COc1ccc(OC(F)(F)F)cc1CN1CCN(Cc2cc(OC(F)(F)F)ccc2OC)C1=N. The highest BCUT2D eigenvalue weighted by molar-refractivity contribution is 5.79. The first-order valence-electron chi connectivity index (χ1n) is 9.82. The highest BCUT2D eigenvalue weighted by Crippen LogP contribution is 2.32. The van der Waals surface area contributed by atoms with Crippen molar-refractivity contribution in [1.82, 2.24) is 9.80 Å². The van der Waals surface area contributed by atoms with Crippen molar-refractivity contribution in [3.63, 3.8) is 0 Å². The molecule has 34 heavy (non-hydrogen) atoms. The van der Waals surface area contributed by atoms with E-state index in [0.717, 1.165) is 12.1 Å². The molecule has 0 aromatic heterocycles. The Balaban J connectivity index is 1.75. The van der Waals surface area contributed by atoms with Crippen LogP contribution in [0.2, 0.25) is 0 Å². The number of benzene rings is 2. The molecule has 7 nitrogen and oxygen atoms in total. The summed E-state index contributed by atoms with van der Waals surface area (Å²) in [6.07, 6.45) is -9.71. The molecule has 3 rings (SSSR count). The maximum atomic E-state index is 12.6. The van der Waals surface area contributed by atoms with Crippen LogP contribution in [0.3, 0.4) is 0 Å². The Morgan fingerprint density at radius 1 is 0.735 bits per heavy atom. The number of methoxy groups -OCH3 is 2. The second-order valence-electron chi connectivity index (χ2n) is 7.21. The number of guanidine groups is 1. The van der Waals surface area contributed by atoms with E-state index in [1.165, 1.54) is 38.5 Å². The van der Waals surface area contributed by atoms with Crippen LogP contribution in [0.5, 0.6) is 23.0 Å². The maximum absolute atomic E-state index is 12.6. The smallest absolute Gasteiger partial charge is 0.496 e. The molecule has 13 heteroatoms. The zero-order chi connectivity index (χ0) is 25.1. The zero-order valence-corrected chi connectivity index (χ0v) is 18.1. The summed E-state index contributed by atoms with van der Waals surface area (Å²) < 4.78 is 93.8. The minimum atomic E-state index is -4.85. The van der Waals surface area contributed by atoms with Gasteiger partial charge in [0.1, 0.15) is 23.0 Å². The summed E-state index contributed by atoms with van der Waals surface area (Å²) in [5.41, 5.74) is 0.739. The van der Waals surface area contributed by atoms with E-state index in [4.69, 9.17) is 14.9 Å². The van der Waals surface area contributed by atoms with E-state index in [1.54, 1.807) is 9.80 Å². The van der Waals surface area contributed by atoms with Gasteiger partial charge in [0.05, 0.1) is 14.2 Å². The fourth-order valence-electron chi connectivity index (χ4n) is 3.52. The van der Waals surface area contributed by atoms with E-state index in [9.17, 15) is 26.3 Å². The summed E-state index contributed by atoms with van der Waals surface area (Å²) in [7, 11) is 2.74. The molecule has 1 heterocycles. The van der Waals surface area contributed by atoms with Gasteiger partial charge in [0, 0.05) is 37.3 Å². The molecule has 0 saturated carbocycles. The lowest BCUT2D eigenvalue weighted by atomic mass is 10.1. The first kappa shape index (κ1) is 25.1. The molecule has 0 spiro atoms. The number of nitrogens with zero attached hydrogens (tertiary/aromatic N) is 2. The topological polar surface area (TPSA) is 67.2 Å². The van der Waals surface area contributed by atoms with E-state index < -0.39 is 24.2 Å². The Bertz CT molecular complexity index is 949. The Hall–Kier alpha value is -3.51. The van der Waals surface area contributed by atoms with Gasteiger partial charge in [0.15, 0.2) is 5.96 Å². The van der Waals surface area contributed by atoms with Crippen LogP contribution in [0.25, 0.3) is 0 Å². The van der Waals surface area contributed by atoms with Gasteiger partial charge in [-0.1, -0.05) is 0 Å². The lowest BCUT2D eigenvalue weighted by Gasteiger charge is -2.24. The molecule has 1 fully saturated rings. The molecule has 0 aliphatic carbocycles. The van der Waals surface area contributed by atoms with Crippen LogP contribution in [-0.2, 0) is 13.1 Å². The van der Waals surface area contributed by atoms with Crippen molar-refractivity contribution in [1.29, 1.82) is 5.41 Å². The molecular formula is C21H21F6N3O4. The molecule has 0 radical (unpaired) electrons. The van der Waals surface area contributed by atoms with Crippen molar-refractivity contribution in [3.8, 4) is 23.0 Å². The number of ether oxygens (including phenoxy) is 4. The van der Waals surface area contributed by atoms with Gasteiger partial charge in [-0.2, -0.15) is 0 Å². The van der Waals surface area contributed by atoms with E-state index in [-0.39, 0.29) is 19.0 Å². The number of rotatable bonds is 8. The van der Waals surface area contributed by atoms with Crippen LogP contribution in [-0.4, -0.2) is 55.8 Å². The standard InChI is InChI=1S/C21H21F6N3O4/c1-31-17-5-3-15(33-20(22,23)24)9-13(17)11-29-7-8-30(19(29)28)12-14-10-16(34-21(25,26)27)4-6-18(14)32-2/h3-6,9-10,28H,7-8,11-12H2,1-2H3. The predicted octanol–water partition coefficient (Wildman–Crippen LogP) is 4.75. The number of halogens is 6. The molecule has 2 aromatic carbocycles. The van der Waals surface area contributed by atoms with Crippen LogP contribution in [0.15, 0.2) is 36.4 Å². The molecular weight excluding hydrogens is 472 g/mol. The van der Waals surface area contributed by atoms with Crippen molar-refractivity contribution in [2.24, 2.45) is 0 Å². The quantitative estimate of drug-likeness (QED) is 0.536. The van der Waals surface area contributed by atoms with E-state index in [2.05, 4.69) is 9.47 Å². The van der Waals surface area contributed by atoms with E-state index >= 15 is 0 Å². The lowest BCUT2D eigenvalue weighted by Crippen LogP contribution is -2.32. The summed E-state index contributed by atoms with van der Waals surface area (Å²) >= 11 is 0. The first-order chi connectivity index (χ1) is 15.9. The summed E-state index contributed by atoms with van der Waals surface area (Å²) in [6, 6.07) is 7.29. The summed E-state index contributed by atoms with van der Waals surface area (Å²) in [5, 5.41) is 8.46. The monoisotopic (exact) mass is 493 g/mol. The molecule has 1 aliphatic rings. The largest absolute Gasteiger partial charge is 0.573 e. The molecule has 1 aliphatic heterocycles. The van der Waals surface area contributed by atoms with Gasteiger partial charge < -0.3 is 28.7 Å². The van der Waals surface area contributed by atoms with Gasteiger partial charge in [0.25, 0.3) is 0 Å². The summed E-state index contributed by atoms with van der Waals surface area (Å²) in [5.74, 6) is -0.165. The van der Waals surface area contributed by atoms with Gasteiger partial charge in [0.2, 0.25) is 0 Å². The van der Waals surface area contributed by atoms with Crippen molar-refractivity contribution in [3.05, 3.63) is 47.5 Å². The number of alkyl halides is 6. The fourth-order valence-corrected chi connectivity index (χ4v) is 3.52. The molecule has 0 amide bonds. The van der Waals surface area contributed by atoms with Crippen LogP contribution in [0.4, 0.5) is 26.3 Å². The molecule has 186 valence electrons. The number of hydrogen-bond acceptors (Lipinski definition) is 5. The number of nitrogens with one attached hydrogen (secondary N) is 1. The van der Waals surface area contributed by atoms with Gasteiger partial charge in [-0.05, 0) is 36.4 Å². The summed E-state index contributed by atoms with van der Waals surface area (Å²) in [4.78, 5) is 3.19. The Morgan fingerprint density at radius 3 is 1.44 bits per heavy atom. The van der Waals surface area contributed by atoms with Crippen molar-refractivity contribution >= 4 is 5.96 Å². The fraction of sp³-hybridized carbons (Fsp3) is 0.381. The minimum Gasteiger partial charge on any atom is -0.496 e. The van der Waals surface area contributed by atoms with Gasteiger partial charge in [-0.25, -0.2) is 0 Å². The Labute approximate surface area is 190 Å². The summed E-state index contributed by atoms with van der Waals surface area (Å²) in [6.45, 7) is 0.824. The maximum Gasteiger partial charge on any atom is 0.573 e. The van der Waals surface area contributed by atoms with Crippen LogP contribution < -0.4 is 18.9 Å². The molecule has 2 aromatic rings. The lowest BCUT2D eigenvalue weighted by molar-refractivity contribution is -0.275. The molecule has 0 unspecified atom stereocenters. The van der Waals surface area contributed by atoms with Crippen molar-refractivity contribution in [2.75, 3.05) is 27.3 Å². The molecule has 1 N–H and O–H groups in total. The van der Waals surface area contributed by atoms with Crippen molar-refractivity contribution < 1.29 is 45.3 Å². The van der Waals surface area contributed by atoms with Crippen LogP contribution in [0.1, 0.15) is 11.1 Å². The van der Waals surface area contributed by atoms with Crippen LogP contribution >= 0.6 is 0 Å². The Kier molecular flexibility index (Phi) is 7.22. The Morgan fingerprint density at radius 2 is 1.12 bits per heavy atom. The molecule has 0 bridgehead atoms. The van der Waals surface area contributed by atoms with Crippen molar-refractivity contribution in [2.45, 2.75) is 25.8 Å². The average Bonchev–Trinajstić information content (AvgIpc) is 3.05. The van der Waals surface area contributed by atoms with Gasteiger partial charge >= 0.3 is 12.7 Å². The van der Waals surface area contributed by atoms with Gasteiger partial charge in [-0.15, -0.1) is 26.3 Å². The molecule has 0 atom stereocenters. The zero-order valence-electron chi connectivity index (χ0n) is 18.1. The van der Waals surface area contributed by atoms with Gasteiger partial charge in [-0.3, -0.25) is 5.41 Å². The van der Waals surface area contributed by atoms with E-state index in [0.29, 0.717) is 35.7 Å². The highest BCUT2D eigenvalue weighted by atomic mass is 19.4. The minimum absolute atomic E-state index is 0.0355. The normalized spacial score (nSPS) is 14.4. The second kappa shape index (κ2) is 9.77. The third-order valence-electron chi connectivity index (χ3n) is 4.93. The van der Waals surface area contributed by atoms with E-state index in [1.807, 2.05) is 0 Å². The third-order valence-corrected chi connectivity index (χ3v) is 4.93. The molecule has 1 saturated heterocycles. The highest BCUT2D eigenvalue weighted by Gasteiger charge is 2.33. The number of hydrogen-bond donors (Lipinski definition) is 1. The second-order valence-corrected chi connectivity index (χ2v) is 7.21. The third kappa shape index (κ3) is 6.51.